The zero-order chi connectivity index (χ0) is 43.4. The second-order valence-corrected chi connectivity index (χ2v) is 16.2. The number of aromatic nitrogens is 7. The van der Waals surface area contributed by atoms with Crippen LogP contribution in [0.5, 0.6) is 5.75 Å². The molecule has 2 fully saturated rings. The Labute approximate surface area is 351 Å². The number of pyridine rings is 1. The predicted octanol–water partition coefficient (Wildman–Crippen LogP) is 4.21. The molecule has 3 N–H and O–H groups in total. The maximum atomic E-state index is 14.8. The lowest BCUT2D eigenvalue weighted by Gasteiger charge is -2.45. The third-order valence-electron chi connectivity index (χ3n) is 11.8. The van der Waals surface area contributed by atoms with Gasteiger partial charge in [-0.3, -0.25) is 19.4 Å². The number of carbonyl (C=O) groups is 3. The van der Waals surface area contributed by atoms with Crippen molar-refractivity contribution in [3.05, 3.63) is 92.1 Å². The van der Waals surface area contributed by atoms with Gasteiger partial charge in [-0.1, -0.05) is 11.6 Å². The average molecular weight is 863 g/mol. The molecule has 1 aromatic carbocycles. The van der Waals surface area contributed by atoms with Crippen molar-refractivity contribution in [1.29, 1.82) is 0 Å². The van der Waals surface area contributed by atoms with Crippen molar-refractivity contribution in [3.8, 4) is 17.1 Å². The minimum Gasteiger partial charge on any atom is -0.504 e. The number of nitrogens with zero attached hydrogens (tertiary/aromatic N) is 10. The van der Waals surface area contributed by atoms with Crippen molar-refractivity contribution in [1.82, 2.24) is 54.1 Å². The van der Waals surface area contributed by atoms with E-state index in [4.69, 9.17) is 16.6 Å². The van der Waals surface area contributed by atoms with Crippen LogP contribution in [0.25, 0.3) is 17.2 Å². The Morgan fingerprint density at radius 1 is 1.07 bits per heavy atom. The number of fused-ring (bicyclic) bond motifs is 3. The number of aromatic hydroxyl groups is 1. The first kappa shape index (κ1) is 41.6. The summed E-state index contributed by atoms with van der Waals surface area (Å²) in [5, 5.41) is 20.8. The summed E-state index contributed by atoms with van der Waals surface area (Å²) in [4.78, 5) is 77.3. The van der Waals surface area contributed by atoms with Crippen LogP contribution in [-0.4, -0.2) is 119 Å². The van der Waals surface area contributed by atoms with Crippen molar-refractivity contribution >= 4 is 40.9 Å². The van der Waals surface area contributed by atoms with Crippen LogP contribution in [0.2, 0.25) is 5.02 Å². The monoisotopic (exact) mass is 862 g/mol. The van der Waals surface area contributed by atoms with Crippen molar-refractivity contribution < 1.29 is 32.7 Å². The fourth-order valence-corrected chi connectivity index (χ4v) is 8.85. The maximum absolute atomic E-state index is 14.8. The van der Waals surface area contributed by atoms with Gasteiger partial charge in [0.15, 0.2) is 17.3 Å². The smallest absolute Gasteiger partial charge is 0.416 e. The Balaban J connectivity index is 1.16. The second kappa shape index (κ2) is 16.0. The van der Waals surface area contributed by atoms with Crippen LogP contribution in [0.15, 0.2) is 47.7 Å². The maximum Gasteiger partial charge on any atom is 0.416 e. The summed E-state index contributed by atoms with van der Waals surface area (Å²) >= 11 is 6.20. The Hall–Kier alpha value is -6.15. The number of hydrogen-bond acceptors (Lipinski definition) is 11. The van der Waals surface area contributed by atoms with Gasteiger partial charge in [-0.15, -0.1) is 5.10 Å². The van der Waals surface area contributed by atoms with Gasteiger partial charge in [-0.05, 0) is 69.4 Å². The molecule has 1 spiro atoms. The molecule has 21 heteroatoms. The molecule has 6 heterocycles. The number of likely N-dealkylation sites (tertiary alicyclic amines) is 1. The lowest BCUT2D eigenvalue weighted by molar-refractivity contribution is -0.137. The summed E-state index contributed by atoms with van der Waals surface area (Å²) in [5.74, 6) is -1.18. The van der Waals surface area contributed by atoms with Crippen LogP contribution in [0.3, 0.4) is 0 Å². The van der Waals surface area contributed by atoms with E-state index in [2.05, 4.69) is 30.7 Å². The minimum atomic E-state index is -4.64. The van der Waals surface area contributed by atoms with E-state index in [0.717, 1.165) is 22.7 Å². The highest BCUT2D eigenvalue weighted by molar-refractivity contribution is 6.33. The van der Waals surface area contributed by atoms with E-state index in [1.807, 2.05) is 0 Å². The van der Waals surface area contributed by atoms with Gasteiger partial charge in [-0.2, -0.15) is 22.7 Å². The number of hydrogen-bond donors (Lipinski definition) is 3. The van der Waals surface area contributed by atoms with Crippen molar-refractivity contribution in [3.63, 3.8) is 0 Å². The standard InChI is InChI=1S/C40H42ClF3N12O5/c1-22-33(58)32(48-21-47-22)36(60)53-14-11-39(12-15-53)10-4-5-28-31(39)35(59)56-37(55(28)20-30(57)49-26-9-7-24(17-25(26)41)40(42,43)44)50-34(51-56)23-6-8-27(46-18-23)29-19-45-13-16-54(29)38(61)52(2)3/h6-9,17-18,21,29,45,58H,4-5,10-16,19-20H2,1-3H3,(H,49,57). The molecular formula is C40H42ClF3N12O5. The molecule has 1 unspecified atom stereocenters. The molecule has 3 aliphatic rings. The molecule has 8 rings (SSSR count). The van der Waals surface area contributed by atoms with Crippen molar-refractivity contribution in [2.45, 2.75) is 63.2 Å². The predicted molar refractivity (Wildman–Crippen MR) is 215 cm³/mol. The summed E-state index contributed by atoms with van der Waals surface area (Å²) in [7, 11) is 3.38. The van der Waals surface area contributed by atoms with Crippen LogP contribution in [0.1, 0.15) is 70.4 Å². The number of piperidine rings is 1. The largest absolute Gasteiger partial charge is 0.504 e. The summed E-state index contributed by atoms with van der Waals surface area (Å²) < 4.78 is 42.9. The molecule has 0 saturated carbocycles. The molecule has 17 nitrogen and oxygen atoms in total. The highest BCUT2D eigenvalue weighted by atomic mass is 35.5. The third kappa shape index (κ3) is 7.73. The number of anilines is 1. The third-order valence-corrected chi connectivity index (χ3v) is 12.1. The van der Waals surface area contributed by atoms with E-state index < -0.39 is 41.1 Å². The number of aryl methyl sites for hydroxylation is 1. The molecular weight excluding hydrogens is 821 g/mol. The Bertz CT molecular complexity index is 2610. The summed E-state index contributed by atoms with van der Waals surface area (Å²) in [5.41, 5.74) is 0.131. The highest BCUT2D eigenvalue weighted by Crippen LogP contribution is 2.44. The molecule has 5 aromatic rings. The van der Waals surface area contributed by atoms with Gasteiger partial charge in [0.1, 0.15) is 12.9 Å². The fraction of sp³-hybridized carbons (Fsp3) is 0.425. The zero-order valence-corrected chi connectivity index (χ0v) is 34.2. The van der Waals surface area contributed by atoms with E-state index in [1.54, 1.807) is 53.7 Å². The number of benzene rings is 1. The molecule has 4 aromatic heterocycles. The normalized spacial score (nSPS) is 17.7. The van der Waals surface area contributed by atoms with Gasteiger partial charge < -0.3 is 35.0 Å². The molecule has 4 amide bonds. The Morgan fingerprint density at radius 2 is 1.84 bits per heavy atom. The van der Waals surface area contributed by atoms with Crippen LogP contribution < -0.4 is 16.2 Å². The van der Waals surface area contributed by atoms with Crippen LogP contribution in [-0.2, 0) is 29.4 Å². The van der Waals surface area contributed by atoms with Gasteiger partial charge in [0, 0.05) is 75.3 Å². The highest BCUT2D eigenvalue weighted by Gasteiger charge is 2.45. The number of alkyl halides is 3. The topological polar surface area (TPSA) is 196 Å². The minimum absolute atomic E-state index is 0.0311. The first-order chi connectivity index (χ1) is 29.1. The summed E-state index contributed by atoms with van der Waals surface area (Å²) in [6.45, 7) is 3.31. The Morgan fingerprint density at radius 3 is 2.52 bits per heavy atom. The summed E-state index contributed by atoms with van der Waals surface area (Å²) in [6, 6.07) is 5.69. The number of halogens is 4. The number of nitrogens with one attached hydrogen (secondary N) is 2. The van der Waals surface area contributed by atoms with E-state index in [0.29, 0.717) is 74.3 Å². The molecule has 2 aliphatic heterocycles. The number of carbonyl (C=O) groups excluding carboxylic acids is 3. The van der Waals surface area contributed by atoms with Crippen LogP contribution in [0.4, 0.5) is 23.7 Å². The number of urea groups is 1. The summed E-state index contributed by atoms with van der Waals surface area (Å²) in [6.07, 6.45) is 0.590. The van der Waals surface area contributed by atoms with E-state index >= 15 is 0 Å². The first-order valence-electron chi connectivity index (χ1n) is 19.7. The SMILES string of the molecule is Cc1ncnc(C(=O)N2CCC3(CCCc4c3c(=O)n3nc(-c5ccc(C6CNCCN6C(=O)N(C)C)nc5)nc3n4CC(=O)Nc3ccc(C(F)(F)F)cc3Cl)CC2)c1O. The lowest BCUT2D eigenvalue weighted by atomic mass is 9.66. The van der Waals surface area contributed by atoms with Crippen LogP contribution in [0, 0.1) is 6.92 Å². The molecule has 0 radical (unpaired) electrons. The van der Waals surface area contributed by atoms with Crippen LogP contribution >= 0.6 is 11.6 Å². The van der Waals surface area contributed by atoms with Gasteiger partial charge in [-0.25, -0.2) is 14.8 Å². The lowest BCUT2D eigenvalue weighted by Crippen LogP contribution is -2.51. The van der Waals surface area contributed by atoms with Gasteiger partial charge in [0.2, 0.25) is 11.7 Å². The number of piperazine rings is 1. The molecule has 1 atom stereocenters. The van der Waals surface area contributed by atoms with Gasteiger partial charge in [0.05, 0.1) is 33.7 Å². The first-order valence-corrected chi connectivity index (χ1v) is 20.1. The van der Waals surface area contributed by atoms with E-state index in [1.165, 1.54) is 11.2 Å². The van der Waals surface area contributed by atoms with E-state index in [9.17, 15) is 37.5 Å². The zero-order valence-electron chi connectivity index (χ0n) is 33.5. The quantitative estimate of drug-likeness (QED) is 0.221. The van der Waals surface area contributed by atoms with E-state index in [-0.39, 0.29) is 64.6 Å². The number of amides is 4. The van der Waals surface area contributed by atoms with Crippen molar-refractivity contribution in [2.75, 3.05) is 52.1 Å². The van der Waals surface area contributed by atoms with Gasteiger partial charge in [0.25, 0.3) is 11.5 Å². The average Bonchev–Trinajstić information content (AvgIpc) is 3.70. The molecule has 2 saturated heterocycles. The molecule has 1 aliphatic carbocycles. The molecule has 61 heavy (non-hydrogen) atoms. The molecule has 0 bridgehead atoms. The fourth-order valence-electron chi connectivity index (χ4n) is 8.63. The number of rotatable bonds is 6. The van der Waals surface area contributed by atoms with Gasteiger partial charge >= 0.3 is 12.2 Å². The van der Waals surface area contributed by atoms with Crippen molar-refractivity contribution in [2.24, 2.45) is 0 Å². The molecule has 320 valence electrons. The Kier molecular flexibility index (Phi) is 10.9. The second-order valence-electron chi connectivity index (χ2n) is 15.7.